The van der Waals surface area contributed by atoms with Crippen LogP contribution >= 0.6 is 0 Å². The Bertz CT molecular complexity index is 827. The van der Waals surface area contributed by atoms with Gasteiger partial charge in [-0.3, -0.25) is 4.79 Å². The van der Waals surface area contributed by atoms with E-state index in [0.29, 0.717) is 18.5 Å². The summed E-state index contributed by atoms with van der Waals surface area (Å²) < 4.78 is 18.5. The molecule has 0 atom stereocenters. The first-order valence-corrected chi connectivity index (χ1v) is 7.68. The molecule has 0 spiro atoms. The lowest BCUT2D eigenvalue weighted by molar-refractivity contribution is -0.120. The number of imidazole rings is 1. The van der Waals surface area contributed by atoms with Crippen LogP contribution in [0.15, 0.2) is 42.5 Å². The van der Waals surface area contributed by atoms with Crippen molar-refractivity contribution in [1.29, 1.82) is 0 Å². The molecule has 0 aliphatic rings. The second-order valence-corrected chi connectivity index (χ2v) is 5.45. The van der Waals surface area contributed by atoms with E-state index in [2.05, 4.69) is 15.3 Å². The summed E-state index contributed by atoms with van der Waals surface area (Å²) in [5.41, 5.74) is 2.50. The van der Waals surface area contributed by atoms with Crippen molar-refractivity contribution in [2.75, 3.05) is 13.7 Å². The van der Waals surface area contributed by atoms with Crippen molar-refractivity contribution in [2.24, 2.45) is 0 Å². The third-order valence-corrected chi connectivity index (χ3v) is 3.70. The zero-order valence-corrected chi connectivity index (χ0v) is 13.3. The summed E-state index contributed by atoms with van der Waals surface area (Å²) in [6, 6.07) is 12.3. The number of hydrogen-bond acceptors (Lipinski definition) is 3. The number of rotatable bonds is 6. The molecule has 0 bridgehead atoms. The van der Waals surface area contributed by atoms with Crippen LogP contribution in [0.2, 0.25) is 0 Å². The van der Waals surface area contributed by atoms with E-state index in [1.165, 1.54) is 19.2 Å². The number of aromatic nitrogens is 2. The molecule has 2 N–H and O–H groups in total. The zero-order valence-electron chi connectivity index (χ0n) is 13.3. The van der Waals surface area contributed by atoms with Crippen molar-refractivity contribution in [1.82, 2.24) is 15.3 Å². The SMILES string of the molecule is COc1ccc(CC(=O)NCCc2nc3ccccc3[nH]2)cc1F. The van der Waals surface area contributed by atoms with Crippen molar-refractivity contribution in [3.05, 3.63) is 59.7 Å². The zero-order chi connectivity index (χ0) is 16.9. The van der Waals surface area contributed by atoms with Crippen LogP contribution in [-0.4, -0.2) is 29.5 Å². The largest absolute Gasteiger partial charge is 0.494 e. The number of methoxy groups -OCH3 is 1. The van der Waals surface area contributed by atoms with Crippen molar-refractivity contribution in [3.63, 3.8) is 0 Å². The van der Waals surface area contributed by atoms with Gasteiger partial charge in [0.2, 0.25) is 5.91 Å². The van der Waals surface area contributed by atoms with E-state index in [0.717, 1.165) is 16.9 Å². The van der Waals surface area contributed by atoms with Crippen molar-refractivity contribution >= 4 is 16.9 Å². The summed E-state index contributed by atoms with van der Waals surface area (Å²) in [4.78, 5) is 19.6. The molecule has 2 aromatic carbocycles. The van der Waals surface area contributed by atoms with Gasteiger partial charge in [0.15, 0.2) is 11.6 Å². The van der Waals surface area contributed by atoms with E-state index in [1.807, 2.05) is 24.3 Å². The van der Waals surface area contributed by atoms with Crippen LogP contribution in [0.5, 0.6) is 5.75 Å². The maximum absolute atomic E-state index is 13.6. The molecule has 0 saturated carbocycles. The van der Waals surface area contributed by atoms with E-state index >= 15 is 0 Å². The van der Waals surface area contributed by atoms with Crippen LogP contribution < -0.4 is 10.1 Å². The lowest BCUT2D eigenvalue weighted by Gasteiger charge is -2.06. The molecule has 124 valence electrons. The molecule has 0 aliphatic heterocycles. The molecule has 0 radical (unpaired) electrons. The molecule has 0 saturated heterocycles. The van der Waals surface area contributed by atoms with Crippen LogP contribution in [-0.2, 0) is 17.6 Å². The molecule has 6 heteroatoms. The summed E-state index contributed by atoms with van der Waals surface area (Å²) in [7, 11) is 1.41. The minimum atomic E-state index is -0.468. The molecule has 1 amide bonds. The average molecular weight is 327 g/mol. The molecular weight excluding hydrogens is 309 g/mol. The number of carbonyl (C=O) groups excluding carboxylic acids is 1. The first-order chi connectivity index (χ1) is 11.7. The van der Waals surface area contributed by atoms with E-state index in [9.17, 15) is 9.18 Å². The third-order valence-electron chi connectivity index (χ3n) is 3.70. The molecule has 1 heterocycles. The Balaban J connectivity index is 1.51. The number of amides is 1. The molecule has 0 aliphatic carbocycles. The second kappa shape index (κ2) is 7.12. The minimum absolute atomic E-state index is 0.126. The predicted octanol–water partition coefficient (Wildman–Crippen LogP) is 2.61. The highest BCUT2D eigenvalue weighted by atomic mass is 19.1. The Morgan fingerprint density at radius 1 is 1.29 bits per heavy atom. The van der Waals surface area contributed by atoms with Gasteiger partial charge in [0, 0.05) is 13.0 Å². The van der Waals surface area contributed by atoms with Gasteiger partial charge >= 0.3 is 0 Å². The number of aromatic amines is 1. The number of para-hydroxylation sites is 2. The number of nitrogens with zero attached hydrogens (tertiary/aromatic N) is 1. The Morgan fingerprint density at radius 3 is 2.88 bits per heavy atom. The number of hydrogen-bond donors (Lipinski definition) is 2. The number of fused-ring (bicyclic) bond motifs is 1. The van der Waals surface area contributed by atoms with Gasteiger partial charge < -0.3 is 15.0 Å². The highest BCUT2D eigenvalue weighted by Gasteiger charge is 2.08. The van der Waals surface area contributed by atoms with Gasteiger partial charge in [-0.2, -0.15) is 0 Å². The lowest BCUT2D eigenvalue weighted by Crippen LogP contribution is -2.27. The van der Waals surface area contributed by atoms with Gasteiger partial charge in [-0.25, -0.2) is 9.37 Å². The smallest absolute Gasteiger partial charge is 0.224 e. The normalized spacial score (nSPS) is 10.8. The maximum Gasteiger partial charge on any atom is 0.224 e. The number of carbonyl (C=O) groups is 1. The Kier molecular flexibility index (Phi) is 4.74. The molecule has 24 heavy (non-hydrogen) atoms. The lowest BCUT2D eigenvalue weighted by atomic mass is 10.1. The summed E-state index contributed by atoms with van der Waals surface area (Å²) in [5, 5.41) is 2.82. The standard InChI is InChI=1S/C18H18FN3O2/c1-24-16-7-6-12(10-13(16)19)11-18(23)20-9-8-17-21-14-4-2-3-5-15(14)22-17/h2-7,10H,8-9,11H2,1H3,(H,20,23)(H,21,22). The molecule has 0 unspecified atom stereocenters. The second-order valence-electron chi connectivity index (χ2n) is 5.45. The first kappa shape index (κ1) is 16.0. The van der Waals surface area contributed by atoms with Gasteiger partial charge in [0.1, 0.15) is 5.82 Å². The van der Waals surface area contributed by atoms with Crippen LogP contribution in [0, 0.1) is 5.82 Å². The van der Waals surface area contributed by atoms with Gasteiger partial charge in [0.25, 0.3) is 0 Å². The monoisotopic (exact) mass is 327 g/mol. The van der Waals surface area contributed by atoms with Crippen LogP contribution in [0.25, 0.3) is 11.0 Å². The molecular formula is C18H18FN3O2. The Hall–Kier alpha value is -2.89. The molecule has 1 aromatic heterocycles. The minimum Gasteiger partial charge on any atom is -0.494 e. The predicted molar refractivity (Wildman–Crippen MR) is 89.5 cm³/mol. The molecule has 0 fully saturated rings. The molecule has 3 rings (SSSR count). The molecule has 5 nitrogen and oxygen atoms in total. The highest BCUT2D eigenvalue weighted by Crippen LogP contribution is 2.17. The average Bonchev–Trinajstić information content (AvgIpc) is 2.97. The van der Waals surface area contributed by atoms with Crippen LogP contribution in [0.4, 0.5) is 4.39 Å². The highest BCUT2D eigenvalue weighted by molar-refractivity contribution is 5.78. The van der Waals surface area contributed by atoms with Gasteiger partial charge in [-0.1, -0.05) is 18.2 Å². The molecule has 3 aromatic rings. The summed E-state index contributed by atoms with van der Waals surface area (Å²) in [6.45, 7) is 0.470. The summed E-state index contributed by atoms with van der Waals surface area (Å²) >= 11 is 0. The number of benzene rings is 2. The van der Waals surface area contributed by atoms with Gasteiger partial charge in [0.05, 0.1) is 24.6 Å². The van der Waals surface area contributed by atoms with E-state index in [1.54, 1.807) is 6.07 Å². The quantitative estimate of drug-likeness (QED) is 0.731. The van der Waals surface area contributed by atoms with Gasteiger partial charge in [-0.05, 0) is 29.8 Å². The fraction of sp³-hybridized carbons (Fsp3) is 0.222. The third kappa shape index (κ3) is 3.71. The number of ether oxygens (including phenoxy) is 1. The maximum atomic E-state index is 13.6. The topological polar surface area (TPSA) is 67.0 Å². The first-order valence-electron chi connectivity index (χ1n) is 7.68. The van der Waals surface area contributed by atoms with Crippen molar-refractivity contribution < 1.29 is 13.9 Å². The van der Waals surface area contributed by atoms with Gasteiger partial charge in [-0.15, -0.1) is 0 Å². The Morgan fingerprint density at radius 2 is 2.12 bits per heavy atom. The number of halogens is 1. The Labute approximate surface area is 138 Å². The van der Waals surface area contributed by atoms with E-state index in [-0.39, 0.29) is 18.1 Å². The van der Waals surface area contributed by atoms with E-state index in [4.69, 9.17) is 4.74 Å². The number of H-pyrrole nitrogens is 1. The summed E-state index contributed by atoms with van der Waals surface area (Å²) in [6.07, 6.45) is 0.735. The fourth-order valence-corrected chi connectivity index (χ4v) is 2.51. The van der Waals surface area contributed by atoms with E-state index < -0.39 is 5.82 Å². The van der Waals surface area contributed by atoms with Crippen LogP contribution in [0.1, 0.15) is 11.4 Å². The van der Waals surface area contributed by atoms with Crippen LogP contribution in [0.3, 0.4) is 0 Å². The number of nitrogens with one attached hydrogen (secondary N) is 2. The van der Waals surface area contributed by atoms with Crippen molar-refractivity contribution in [3.8, 4) is 5.75 Å². The fourth-order valence-electron chi connectivity index (χ4n) is 2.51. The van der Waals surface area contributed by atoms with Crippen molar-refractivity contribution in [2.45, 2.75) is 12.8 Å². The summed E-state index contributed by atoms with van der Waals surface area (Å²) in [5.74, 6) is 0.372.